The highest BCUT2D eigenvalue weighted by Crippen LogP contribution is 2.38. The molecule has 0 N–H and O–H groups in total. The maximum Gasteiger partial charge on any atom is -0.0321 e. The maximum atomic E-state index is 2.50. The second-order valence-corrected chi connectivity index (χ2v) is 6.94. The highest BCUT2D eigenvalue weighted by molar-refractivity contribution is 4.77. The number of hydrogen-bond donors (Lipinski definition) is 0. The molecule has 0 heterocycles. The summed E-state index contributed by atoms with van der Waals surface area (Å²) in [5.41, 5.74) is 0.576. The van der Waals surface area contributed by atoms with Crippen LogP contribution >= 0.6 is 0 Å². The zero-order chi connectivity index (χ0) is 12.1. The second kappa shape index (κ2) is 6.55. The molecule has 0 aliphatic rings. The van der Waals surface area contributed by atoms with Crippen molar-refractivity contribution in [1.29, 1.82) is 0 Å². The van der Waals surface area contributed by atoms with Gasteiger partial charge in [-0.15, -0.1) is 0 Å². The van der Waals surface area contributed by atoms with Crippen molar-refractivity contribution in [3.8, 4) is 0 Å². The van der Waals surface area contributed by atoms with Gasteiger partial charge in [-0.2, -0.15) is 0 Å². The average molecular weight is 212 g/mol. The van der Waals surface area contributed by atoms with Gasteiger partial charge in [0.2, 0.25) is 0 Å². The minimum atomic E-state index is 0.576. The van der Waals surface area contributed by atoms with E-state index < -0.39 is 0 Å². The van der Waals surface area contributed by atoms with Gasteiger partial charge in [-0.25, -0.2) is 0 Å². The first-order valence-corrected chi connectivity index (χ1v) is 6.75. The van der Waals surface area contributed by atoms with Crippen molar-refractivity contribution in [2.75, 3.05) is 0 Å². The van der Waals surface area contributed by atoms with E-state index in [0.717, 1.165) is 17.8 Å². The lowest BCUT2D eigenvalue weighted by Gasteiger charge is -2.34. The van der Waals surface area contributed by atoms with Crippen molar-refractivity contribution in [3.05, 3.63) is 0 Å². The molecule has 0 aliphatic heterocycles. The van der Waals surface area contributed by atoms with Crippen molar-refractivity contribution in [2.45, 2.75) is 74.1 Å². The molecule has 0 atom stereocenters. The van der Waals surface area contributed by atoms with Gasteiger partial charge in [-0.3, -0.25) is 0 Å². The number of rotatable bonds is 7. The van der Waals surface area contributed by atoms with Crippen molar-refractivity contribution in [1.82, 2.24) is 0 Å². The fraction of sp³-hybridized carbons (Fsp3) is 1.00. The van der Waals surface area contributed by atoms with E-state index in [0.29, 0.717) is 5.41 Å². The molecule has 0 fully saturated rings. The van der Waals surface area contributed by atoms with Gasteiger partial charge in [0.25, 0.3) is 0 Å². The Hall–Kier alpha value is 0. The molecule has 0 nitrogen and oxygen atoms in total. The third-order valence-corrected chi connectivity index (χ3v) is 3.13. The molecule has 0 aromatic carbocycles. The minimum Gasteiger partial charge on any atom is -0.0628 e. The molecule has 92 valence electrons. The van der Waals surface area contributed by atoms with Gasteiger partial charge in [0.1, 0.15) is 0 Å². The van der Waals surface area contributed by atoms with Crippen LogP contribution in [0.4, 0.5) is 0 Å². The van der Waals surface area contributed by atoms with Crippen molar-refractivity contribution in [3.63, 3.8) is 0 Å². The molecule has 0 amide bonds. The summed E-state index contributed by atoms with van der Waals surface area (Å²) in [6.07, 6.45) is 5.56. The fourth-order valence-corrected chi connectivity index (χ4v) is 2.90. The normalized spacial score (nSPS) is 13.2. The molecule has 0 aliphatic carbocycles. The van der Waals surface area contributed by atoms with Crippen LogP contribution in [0.2, 0.25) is 0 Å². The van der Waals surface area contributed by atoms with E-state index in [2.05, 4.69) is 48.5 Å². The molecule has 0 rings (SSSR count). The van der Waals surface area contributed by atoms with E-state index in [1.54, 1.807) is 0 Å². The van der Waals surface area contributed by atoms with Crippen LogP contribution in [0.5, 0.6) is 0 Å². The van der Waals surface area contributed by atoms with E-state index in [1.165, 1.54) is 25.7 Å². The van der Waals surface area contributed by atoms with Gasteiger partial charge in [-0.1, -0.05) is 54.9 Å². The molecular formula is C15H32. The second-order valence-electron chi connectivity index (χ2n) is 6.94. The first-order valence-electron chi connectivity index (χ1n) is 6.75. The molecule has 0 unspecified atom stereocenters. The van der Waals surface area contributed by atoms with Gasteiger partial charge in [0.05, 0.1) is 0 Å². The first-order chi connectivity index (χ1) is 6.75. The van der Waals surface area contributed by atoms with Crippen LogP contribution in [0.3, 0.4) is 0 Å². The predicted molar refractivity (Wildman–Crippen MR) is 71.1 cm³/mol. The van der Waals surface area contributed by atoms with Gasteiger partial charge in [-0.05, 0) is 42.4 Å². The smallest absolute Gasteiger partial charge is 0.0321 e. The Balaban J connectivity index is 4.26. The number of hydrogen-bond acceptors (Lipinski definition) is 0. The quantitative estimate of drug-likeness (QED) is 0.521. The Kier molecular flexibility index (Phi) is 6.55. The molecular weight excluding hydrogens is 180 g/mol. The molecule has 0 saturated carbocycles. The van der Waals surface area contributed by atoms with Crippen LogP contribution in [-0.2, 0) is 0 Å². The van der Waals surface area contributed by atoms with Crippen LogP contribution in [-0.4, -0.2) is 0 Å². The van der Waals surface area contributed by atoms with Gasteiger partial charge in [0, 0.05) is 0 Å². The zero-order valence-corrected chi connectivity index (χ0v) is 12.1. The summed E-state index contributed by atoms with van der Waals surface area (Å²) in [5.74, 6) is 2.52. The first kappa shape index (κ1) is 15.0. The van der Waals surface area contributed by atoms with E-state index in [1.807, 2.05) is 0 Å². The topological polar surface area (TPSA) is 0 Å². The van der Waals surface area contributed by atoms with Crippen LogP contribution in [0.15, 0.2) is 0 Å². The molecule has 0 heteroatoms. The van der Waals surface area contributed by atoms with Crippen LogP contribution in [0.25, 0.3) is 0 Å². The highest BCUT2D eigenvalue weighted by Gasteiger charge is 2.26. The fourth-order valence-electron chi connectivity index (χ4n) is 2.90. The van der Waals surface area contributed by atoms with Crippen LogP contribution < -0.4 is 0 Å². The summed E-state index contributed by atoms with van der Waals surface area (Å²) in [4.78, 5) is 0. The predicted octanol–water partition coefficient (Wildman–Crippen LogP) is 5.52. The summed E-state index contributed by atoms with van der Waals surface area (Å²) in [6, 6.07) is 0. The Morgan fingerprint density at radius 1 is 0.733 bits per heavy atom. The van der Waals surface area contributed by atoms with Gasteiger partial charge in [0.15, 0.2) is 0 Å². The Labute approximate surface area is 97.8 Å². The third kappa shape index (κ3) is 7.88. The van der Waals surface area contributed by atoms with E-state index >= 15 is 0 Å². The largest absolute Gasteiger partial charge is 0.0628 e. The van der Waals surface area contributed by atoms with Gasteiger partial charge < -0.3 is 0 Å². The van der Waals surface area contributed by atoms with E-state index in [4.69, 9.17) is 0 Å². The Morgan fingerprint density at radius 2 is 1.13 bits per heavy atom. The Morgan fingerprint density at radius 3 is 1.40 bits per heavy atom. The Bertz CT molecular complexity index is 143. The molecule has 0 spiro atoms. The summed E-state index contributed by atoms with van der Waals surface area (Å²) in [6.45, 7) is 16.6. The molecule has 0 aromatic rings. The van der Waals surface area contributed by atoms with Crippen LogP contribution in [0, 0.1) is 23.2 Å². The van der Waals surface area contributed by atoms with Crippen LogP contribution in [0.1, 0.15) is 74.1 Å². The summed E-state index contributed by atoms with van der Waals surface area (Å²) in [5, 5.41) is 0. The lowest BCUT2D eigenvalue weighted by Crippen LogP contribution is -2.22. The molecule has 0 bridgehead atoms. The van der Waals surface area contributed by atoms with Crippen molar-refractivity contribution in [2.24, 2.45) is 23.2 Å². The standard InChI is InChI=1S/C15H32/c1-12(2)8-9-15(7,10-13(3)4)11-14(5)6/h12-14H,8-11H2,1-7H3. The third-order valence-electron chi connectivity index (χ3n) is 3.13. The van der Waals surface area contributed by atoms with Crippen molar-refractivity contribution >= 4 is 0 Å². The van der Waals surface area contributed by atoms with E-state index in [-0.39, 0.29) is 0 Å². The summed E-state index contributed by atoms with van der Waals surface area (Å²) < 4.78 is 0. The molecule has 0 radical (unpaired) electrons. The zero-order valence-electron chi connectivity index (χ0n) is 12.1. The minimum absolute atomic E-state index is 0.576. The monoisotopic (exact) mass is 212 g/mol. The summed E-state index contributed by atoms with van der Waals surface area (Å²) in [7, 11) is 0. The van der Waals surface area contributed by atoms with Crippen molar-refractivity contribution < 1.29 is 0 Å². The average Bonchev–Trinajstić information content (AvgIpc) is 1.97. The maximum absolute atomic E-state index is 2.50. The lowest BCUT2D eigenvalue weighted by molar-refractivity contribution is 0.178. The highest BCUT2D eigenvalue weighted by atomic mass is 14.3. The molecule has 0 saturated heterocycles. The lowest BCUT2D eigenvalue weighted by atomic mass is 9.72. The molecule has 15 heavy (non-hydrogen) atoms. The summed E-state index contributed by atoms with van der Waals surface area (Å²) >= 11 is 0. The van der Waals surface area contributed by atoms with Gasteiger partial charge >= 0.3 is 0 Å². The SMILES string of the molecule is CC(C)CCC(C)(CC(C)C)CC(C)C. The van der Waals surface area contributed by atoms with E-state index in [9.17, 15) is 0 Å². The molecule has 0 aromatic heterocycles.